The number of aromatic nitrogens is 2. The molecular weight excluding hydrogens is 360 g/mol. The van der Waals surface area contributed by atoms with E-state index in [0.29, 0.717) is 13.0 Å². The van der Waals surface area contributed by atoms with Crippen molar-refractivity contribution in [1.82, 2.24) is 19.8 Å². The van der Waals surface area contributed by atoms with Crippen molar-refractivity contribution in [2.75, 3.05) is 19.6 Å². The van der Waals surface area contributed by atoms with Crippen molar-refractivity contribution >= 4 is 5.91 Å². The van der Waals surface area contributed by atoms with Crippen molar-refractivity contribution in [1.29, 1.82) is 0 Å². The first kappa shape index (κ1) is 20.0. The number of amides is 1. The van der Waals surface area contributed by atoms with E-state index in [9.17, 15) is 4.79 Å². The molecule has 2 aromatic rings. The fraction of sp³-hybridized carbons (Fsp3) is 0.542. The molecule has 1 aromatic carbocycles. The number of aryl methyl sites for hydroxylation is 3. The lowest BCUT2D eigenvalue weighted by molar-refractivity contribution is -0.140. The number of carbonyl (C=O) groups excluding carboxylic acids is 1. The van der Waals surface area contributed by atoms with Gasteiger partial charge in [0.05, 0.1) is 24.1 Å². The van der Waals surface area contributed by atoms with E-state index in [1.54, 1.807) is 12.4 Å². The van der Waals surface area contributed by atoms with Crippen LogP contribution in [0.4, 0.5) is 0 Å². The fourth-order valence-electron chi connectivity index (χ4n) is 5.04. The highest BCUT2D eigenvalue weighted by Gasteiger charge is 2.41. The number of nitrogens with zero attached hydrogens (tertiary/aromatic N) is 4. The van der Waals surface area contributed by atoms with E-state index < -0.39 is 0 Å². The molecule has 2 aliphatic rings. The number of benzene rings is 1. The Kier molecular flexibility index (Phi) is 5.68. The highest BCUT2D eigenvalue weighted by atomic mass is 16.2. The number of piperidine rings is 2. The van der Waals surface area contributed by atoms with Crippen LogP contribution in [0.3, 0.4) is 0 Å². The average Bonchev–Trinajstić information content (AvgIpc) is 2.70. The molecule has 154 valence electrons. The van der Waals surface area contributed by atoms with E-state index in [0.717, 1.165) is 44.0 Å². The molecule has 5 heteroatoms. The molecule has 1 spiro atoms. The zero-order valence-corrected chi connectivity index (χ0v) is 17.9. The van der Waals surface area contributed by atoms with Crippen LogP contribution in [0.15, 0.2) is 30.6 Å². The first-order valence-corrected chi connectivity index (χ1v) is 10.8. The van der Waals surface area contributed by atoms with E-state index in [-0.39, 0.29) is 11.3 Å². The second-order valence-corrected chi connectivity index (χ2v) is 9.08. The number of hydrogen-bond acceptors (Lipinski definition) is 4. The SMILES string of the molecule is Cc1cnc(CN2CC3(CCCN(Cc4c(C)cccc4C)C3)CCC2=O)cn1. The van der Waals surface area contributed by atoms with Gasteiger partial charge in [-0.15, -0.1) is 0 Å². The molecule has 0 bridgehead atoms. The summed E-state index contributed by atoms with van der Waals surface area (Å²) in [6, 6.07) is 6.57. The minimum absolute atomic E-state index is 0.209. The molecule has 4 rings (SSSR count). The maximum Gasteiger partial charge on any atom is 0.222 e. The van der Waals surface area contributed by atoms with Crippen molar-refractivity contribution in [2.24, 2.45) is 5.41 Å². The Morgan fingerprint density at radius 3 is 2.52 bits per heavy atom. The van der Waals surface area contributed by atoms with Crippen LogP contribution in [0.2, 0.25) is 0 Å². The molecule has 1 aromatic heterocycles. The number of carbonyl (C=O) groups is 1. The molecule has 2 aliphatic heterocycles. The zero-order valence-electron chi connectivity index (χ0n) is 17.9. The van der Waals surface area contributed by atoms with Gasteiger partial charge in [-0.25, -0.2) is 0 Å². The third-order valence-electron chi connectivity index (χ3n) is 6.70. The van der Waals surface area contributed by atoms with Crippen LogP contribution in [-0.4, -0.2) is 45.3 Å². The van der Waals surface area contributed by atoms with Crippen LogP contribution in [-0.2, 0) is 17.9 Å². The van der Waals surface area contributed by atoms with Crippen molar-refractivity contribution in [3.05, 3.63) is 58.7 Å². The molecule has 0 saturated carbocycles. The minimum atomic E-state index is 0.209. The molecule has 2 saturated heterocycles. The molecule has 0 N–H and O–H groups in total. The Hall–Kier alpha value is -2.27. The molecule has 1 unspecified atom stereocenters. The van der Waals surface area contributed by atoms with Gasteiger partial charge in [0.15, 0.2) is 0 Å². The predicted octanol–water partition coefficient (Wildman–Crippen LogP) is 3.81. The summed E-state index contributed by atoms with van der Waals surface area (Å²) in [5, 5.41) is 0. The minimum Gasteiger partial charge on any atom is -0.336 e. The summed E-state index contributed by atoms with van der Waals surface area (Å²) in [5.74, 6) is 0.255. The monoisotopic (exact) mass is 392 g/mol. The highest BCUT2D eigenvalue weighted by Crippen LogP contribution is 2.39. The summed E-state index contributed by atoms with van der Waals surface area (Å²) >= 11 is 0. The third kappa shape index (κ3) is 4.50. The second-order valence-electron chi connectivity index (χ2n) is 9.08. The van der Waals surface area contributed by atoms with Crippen molar-refractivity contribution in [3.63, 3.8) is 0 Å². The van der Waals surface area contributed by atoms with Crippen molar-refractivity contribution < 1.29 is 4.79 Å². The Labute approximate surface area is 174 Å². The maximum absolute atomic E-state index is 12.6. The summed E-state index contributed by atoms with van der Waals surface area (Å²) in [4.78, 5) is 26.1. The lowest BCUT2D eigenvalue weighted by atomic mass is 9.73. The molecule has 1 amide bonds. The van der Waals surface area contributed by atoms with Crippen LogP contribution in [0.5, 0.6) is 0 Å². The number of rotatable bonds is 4. The van der Waals surface area contributed by atoms with Gasteiger partial charge in [0, 0.05) is 37.7 Å². The second kappa shape index (κ2) is 8.23. The molecule has 0 aliphatic carbocycles. The van der Waals surface area contributed by atoms with Gasteiger partial charge >= 0.3 is 0 Å². The van der Waals surface area contributed by atoms with E-state index in [2.05, 4.69) is 46.9 Å². The molecule has 0 radical (unpaired) electrons. The van der Waals surface area contributed by atoms with Gasteiger partial charge in [-0.1, -0.05) is 18.2 Å². The van der Waals surface area contributed by atoms with Gasteiger partial charge in [0.25, 0.3) is 0 Å². The van der Waals surface area contributed by atoms with Gasteiger partial charge in [-0.2, -0.15) is 0 Å². The van der Waals surface area contributed by atoms with E-state index in [4.69, 9.17) is 0 Å². The fourth-order valence-corrected chi connectivity index (χ4v) is 5.04. The molecule has 29 heavy (non-hydrogen) atoms. The Bertz CT molecular complexity index is 859. The summed E-state index contributed by atoms with van der Waals surface area (Å²) < 4.78 is 0. The maximum atomic E-state index is 12.6. The molecule has 5 nitrogen and oxygen atoms in total. The normalized spacial score (nSPS) is 23.0. The Morgan fingerprint density at radius 1 is 1.00 bits per heavy atom. The largest absolute Gasteiger partial charge is 0.336 e. The lowest BCUT2D eigenvalue weighted by Crippen LogP contribution is -2.53. The Balaban J connectivity index is 1.46. The van der Waals surface area contributed by atoms with E-state index in [1.165, 1.54) is 29.5 Å². The average molecular weight is 393 g/mol. The number of hydrogen-bond donors (Lipinski definition) is 0. The molecule has 3 heterocycles. The van der Waals surface area contributed by atoms with Gasteiger partial charge in [0.1, 0.15) is 0 Å². The highest BCUT2D eigenvalue weighted by molar-refractivity contribution is 5.77. The van der Waals surface area contributed by atoms with Crippen LogP contribution >= 0.6 is 0 Å². The van der Waals surface area contributed by atoms with E-state index >= 15 is 0 Å². The van der Waals surface area contributed by atoms with Crippen LogP contribution in [0.25, 0.3) is 0 Å². The topological polar surface area (TPSA) is 49.3 Å². The Morgan fingerprint density at radius 2 is 1.79 bits per heavy atom. The summed E-state index contributed by atoms with van der Waals surface area (Å²) in [5.41, 5.74) is 6.21. The quantitative estimate of drug-likeness (QED) is 0.794. The van der Waals surface area contributed by atoms with Gasteiger partial charge in [-0.3, -0.25) is 19.7 Å². The van der Waals surface area contributed by atoms with Gasteiger partial charge in [-0.05, 0) is 63.3 Å². The standard InChI is InChI=1S/C24H32N4O/c1-18-6-4-7-19(2)22(18)15-27-11-5-9-24(16-27)10-8-23(29)28(17-24)14-21-13-25-20(3)12-26-21/h4,6-7,12-13H,5,8-11,14-17H2,1-3H3. The van der Waals surface area contributed by atoms with E-state index in [1.807, 2.05) is 11.8 Å². The van der Waals surface area contributed by atoms with Gasteiger partial charge < -0.3 is 4.90 Å². The predicted molar refractivity (Wildman–Crippen MR) is 114 cm³/mol. The summed E-state index contributed by atoms with van der Waals surface area (Å²) in [6.07, 6.45) is 7.66. The van der Waals surface area contributed by atoms with Crippen molar-refractivity contribution in [2.45, 2.75) is 59.5 Å². The van der Waals surface area contributed by atoms with Gasteiger partial charge in [0.2, 0.25) is 5.91 Å². The molecule has 1 atom stereocenters. The first-order chi connectivity index (χ1) is 13.9. The first-order valence-electron chi connectivity index (χ1n) is 10.8. The van der Waals surface area contributed by atoms with Crippen LogP contribution in [0.1, 0.15) is 53.8 Å². The molecular formula is C24H32N4O. The van der Waals surface area contributed by atoms with Crippen LogP contribution in [0, 0.1) is 26.2 Å². The zero-order chi connectivity index (χ0) is 20.4. The molecule has 2 fully saturated rings. The third-order valence-corrected chi connectivity index (χ3v) is 6.70. The summed E-state index contributed by atoms with van der Waals surface area (Å²) in [6.45, 7) is 11.0. The van der Waals surface area contributed by atoms with Crippen LogP contribution < -0.4 is 0 Å². The number of likely N-dealkylation sites (tertiary alicyclic amines) is 2. The smallest absolute Gasteiger partial charge is 0.222 e. The lowest BCUT2D eigenvalue weighted by Gasteiger charge is -2.48. The summed E-state index contributed by atoms with van der Waals surface area (Å²) in [7, 11) is 0. The van der Waals surface area contributed by atoms with Crippen molar-refractivity contribution in [3.8, 4) is 0 Å².